The van der Waals surface area contributed by atoms with E-state index < -0.39 is 0 Å². The highest BCUT2D eigenvalue weighted by Crippen LogP contribution is 2.46. The largest absolute Gasteiger partial charge is 0.309 e. The molecule has 0 N–H and O–H groups in total. The summed E-state index contributed by atoms with van der Waals surface area (Å²) in [6, 6.07) is 90.8. The number of fused-ring (bicyclic) bond motifs is 7. The lowest BCUT2D eigenvalue weighted by Crippen LogP contribution is -1.99. The molecule has 1 heteroatoms. The Bertz CT molecular complexity index is 3600. The van der Waals surface area contributed by atoms with Crippen LogP contribution in [0.1, 0.15) is 33.4 Å². The number of hydrogen-bond donors (Lipinski definition) is 0. The number of aromatic nitrogens is 1. The van der Waals surface area contributed by atoms with Gasteiger partial charge in [0.2, 0.25) is 0 Å². The van der Waals surface area contributed by atoms with Gasteiger partial charge in [-0.2, -0.15) is 0 Å². The van der Waals surface area contributed by atoms with Crippen molar-refractivity contribution in [1.82, 2.24) is 4.57 Å². The molecular formula is C66H47N. The van der Waals surface area contributed by atoms with E-state index in [2.05, 4.69) is 265 Å². The second kappa shape index (κ2) is 17.5. The predicted octanol–water partition coefficient (Wildman–Crippen LogP) is 17.3. The number of rotatable bonds is 9. The molecule has 316 valence electrons. The smallest absolute Gasteiger partial charge is 0.0582 e. The fraction of sp³-hybridized carbons (Fsp3) is 0.0303. The van der Waals surface area contributed by atoms with Crippen molar-refractivity contribution in [2.75, 3.05) is 0 Å². The Morgan fingerprint density at radius 3 is 1.64 bits per heavy atom. The van der Waals surface area contributed by atoms with Gasteiger partial charge in [0, 0.05) is 23.1 Å². The molecule has 0 saturated carbocycles. The number of nitrogens with zero attached hydrogens (tertiary/aromatic N) is 1. The molecule has 0 saturated heterocycles. The Morgan fingerprint density at radius 1 is 0.433 bits per heavy atom. The molecule has 0 spiro atoms. The molecule has 67 heavy (non-hydrogen) atoms. The van der Waals surface area contributed by atoms with E-state index in [-0.39, 0.29) is 0 Å². The summed E-state index contributed by atoms with van der Waals surface area (Å²) in [5.41, 5.74) is 22.4. The maximum absolute atomic E-state index is 2.50. The van der Waals surface area contributed by atoms with Crippen LogP contribution in [-0.2, 0) is 12.8 Å². The van der Waals surface area contributed by atoms with Crippen molar-refractivity contribution in [1.29, 1.82) is 0 Å². The summed E-state index contributed by atoms with van der Waals surface area (Å²) < 4.78 is 2.50. The number of para-hydroxylation sites is 1. The second-order valence-electron chi connectivity index (χ2n) is 17.7. The molecule has 11 aromatic rings. The Kier molecular flexibility index (Phi) is 10.4. The van der Waals surface area contributed by atoms with Gasteiger partial charge in [-0.05, 0) is 125 Å². The molecule has 1 heterocycles. The normalized spacial score (nSPS) is 12.4. The van der Waals surface area contributed by atoms with E-state index in [1.807, 2.05) is 0 Å². The fourth-order valence-electron chi connectivity index (χ4n) is 10.1. The fourth-order valence-corrected chi connectivity index (χ4v) is 10.1. The topological polar surface area (TPSA) is 4.93 Å². The number of hydrogen-bond acceptors (Lipinski definition) is 0. The molecule has 0 amide bonds. The molecule has 0 atom stereocenters. The van der Waals surface area contributed by atoms with Gasteiger partial charge in [-0.3, -0.25) is 0 Å². The first-order valence-electron chi connectivity index (χ1n) is 23.3. The Balaban J connectivity index is 0.948. The van der Waals surface area contributed by atoms with Crippen LogP contribution in [0.15, 0.2) is 249 Å². The van der Waals surface area contributed by atoms with E-state index in [0.29, 0.717) is 0 Å². The summed E-state index contributed by atoms with van der Waals surface area (Å²) in [4.78, 5) is 0. The minimum Gasteiger partial charge on any atom is -0.309 e. The SMILES string of the molecule is C1=C(c2ccccc2)Cc2c(n(-c3ccccc3)c3ccc(-c4ccc(/C=C(/Cc5ccc(-c6ccccc6)cc5)c5ccc(-c6ccccc6)cc5)cc4)cc23)-c2ccc3ccccc3c21. The Labute approximate surface area is 392 Å². The van der Waals surface area contributed by atoms with E-state index in [9.17, 15) is 0 Å². The quantitative estimate of drug-likeness (QED) is 0.128. The van der Waals surface area contributed by atoms with Crippen molar-refractivity contribution in [3.8, 4) is 50.3 Å². The van der Waals surface area contributed by atoms with Gasteiger partial charge in [-0.1, -0.05) is 231 Å². The summed E-state index contributed by atoms with van der Waals surface area (Å²) in [6.45, 7) is 0. The van der Waals surface area contributed by atoms with Crippen LogP contribution < -0.4 is 0 Å². The van der Waals surface area contributed by atoms with Crippen molar-refractivity contribution >= 4 is 45.0 Å². The molecule has 1 aromatic heterocycles. The summed E-state index contributed by atoms with van der Waals surface area (Å²) in [5.74, 6) is 0. The molecule has 1 nitrogen and oxygen atoms in total. The molecule has 0 unspecified atom stereocenters. The molecule has 1 aliphatic rings. The van der Waals surface area contributed by atoms with Gasteiger partial charge in [0.05, 0.1) is 11.2 Å². The summed E-state index contributed by atoms with van der Waals surface area (Å²) in [5, 5.41) is 3.80. The summed E-state index contributed by atoms with van der Waals surface area (Å²) in [6.07, 6.45) is 6.46. The van der Waals surface area contributed by atoms with Crippen LogP contribution in [0.5, 0.6) is 0 Å². The summed E-state index contributed by atoms with van der Waals surface area (Å²) in [7, 11) is 0. The molecule has 10 aromatic carbocycles. The van der Waals surface area contributed by atoms with Crippen LogP contribution >= 0.6 is 0 Å². The van der Waals surface area contributed by atoms with Gasteiger partial charge in [-0.25, -0.2) is 0 Å². The maximum Gasteiger partial charge on any atom is 0.0582 e. The lowest BCUT2D eigenvalue weighted by Gasteiger charge is -2.15. The molecule has 0 bridgehead atoms. The molecule has 12 rings (SSSR count). The highest BCUT2D eigenvalue weighted by atomic mass is 15.0. The first kappa shape index (κ1) is 40.0. The average molecular weight is 854 g/mol. The van der Waals surface area contributed by atoms with Gasteiger partial charge in [0.1, 0.15) is 0 Å². The highest BCUT2D eigenvalue weighted by molar-refractivity contribution is 6.07. The van der Waals surface area contributed by atoms with Crippen molar-refractivity contribution in [2.24, 2.45) is 0 Å². The van der Waals surface area contributed by atoms with Crippen molar-refractivity contribution in [3.63, 3.8) is 0 Å². The standard InChI is InChI=1S/C66H47N/c1-5-15-48(16-6-1)51-29-25-46(26-30-51)41-57(54-35-33-52(34-36-54)49-17-7-2-8-18-49)42-47-27-31-53(32-28-47)56-38-40-65-63(43-56)64-45-58(50-19-9-3-10-20-50)44-62-60-24-14-13-21-55(60)37-39-61(62)66(64)67(65)59-22-11-4-12-23-59/h1-40,42-44H,41,45H2/b57-42-. The third-order valence-electron chi connectivity index (χ3n) is 13.5. The van der Waals surface area contributed by atoms with E-state index in [1.165, 1.54) is 111 Å². The van der Waals surface area contributed by atoms with E-state index in [4.69, 9.17) is 0 Å². The van der Waals surface area contributed by atoms with Gasteiger partial charge in [0.15, 0.2) is 0 Å². The second-order valence-corrected chi connectivity index (χ2v) is 17.7. The van der Waals surface area contributed by atoms with Crippen molar-refractivity contribution < 1.29 is 0 Å². The first-order chi connectivity index (χ1) is 33.2. The van der Waals surface area contributed by atoms with Crippen LogP contribution in [0.25, 0.3) is 95.3 Å². The van der Waals surface area contributed by atoms with Crippen LogP contribution in [-0.4, -0.2) is 4.57 Å². The number of allylic oxidation sites excluding steroid dienone is 2. The van der Waals surface area contributed by atoms with Gasteiger partial charge >= 0.3 is 0 Å². The van der Waals surface area contributed by atoms with Crippen molar-refractivity contribution in [2.45, 2.75) is 12.8 Å². The third-order valence-corrected chi connectivity index (χ3v) is 13.5. The molecule has 0 aliphatic heterocycles. The number of benzene rings is 10. The van der Waals surface area contributed by atoms with Crippen LogP contribution in [0.4, 0.5) is 0 Å². The Morgan fingerprint density at radius 2 is 0.970 bits per heavy atom. The molecular weight excluding hydrogens is 807 g/mol. The summed E-state index contributed by atoms with van der Waals surface area (Å²) >= 11 is 0. The van der Waals surface area contributed by atoms with Crippen LogP contribution in [0.3, 0.4) is 0 Å². The minimum atomic E-state index is 0.815. The lowest BCUT2D eigenvalue weighted by atomic mass is 9.93. The van der Waals surface area contributed by atoms with E-state index >= 15 is 0 Å². The lowest BCUT2D eigenvalue weighted by molar-refractivity contribution is 1.12. The zero-order valence-electron chi connectivity index (χ0n) is 37.2. The predicted molar refractivity (Wildman–Crippen MR) is 285 cm³/mol. The van der Waals surface area contributed by atoms with Crippen LogP contribution in [0.2, 0.25) is 0 Å². The average Bonchev–Trinajstić information content (AvgIpc) is 3.61. The van der Waals surface area contributed by atoms with E-state index in [0.717, 1.165) is 18.5 Å². The first-order valence-corrected chi connectivity index (χ1v) is 23.3. The van der Waals surface area contributed by atoms with Crippen LogP contribution in [0, 0.1) is 0 Å². The molecule has 1 aliphatic carbocycles. The van der Waals surface area contributed by atoms with Gasteiger partial charge in [0.25, 0.3) is 0 Å². The van der Waals surface area contributed by atoms with Gasteiger partial charge < -0.3 is 4.57 Å². The van der Waals surface area contributed by atoms with E-state index in [1.54, 1.807) is 0 Å². The minimum absolute atomic E-state index is 0.815. The highest BCUT2D eigenvalue weighted by Gasteiger charge is 2.26. The third kappa shape index (κ3) is 7.81. The zero-order chi connectivity index (χ0) is 44.5. The van der Waals surface area contributed by atoms with Crippen molar-refractivity contribution in [3.05, 3.63) is 282 Å². The Hall–Kier alpha value is -8.52. The molecule has 0 fully saturated rings. The monoisotopic (exact) mass is 853 g/mol. The maximum atomic E-state index is 2.50. The zero-order valence-corrected chi connectivity index (χ0v) is 37.2. The molecule has 0 radical (unpaired) electrons. The van der Waals surface area contributed by atoms with Gasteiger partial charge in [-0.15, -0.1) is 0 Å².